The molecule has 12 heavy (non-hydrogen) atoms. The van der Waals surface area contributed by atoms with Crippen LogP contribution in [-0.2, 0) is 9.47 Å². The second kappa shape index (κ2) is 4.80. The minimum atomic E-state index is 0.264. The van der Waals surface area contributed by atoms with Crippen molar-refractivity contribution in [3.8, 4) is 0 Å². The largest absolute Gasteiger partial charge is 0.376 e. The van der Waals surface area contributed by atoms with Crippen LogP contribution in [0, 0.1) is 0 Å². The Morgan fingerprint density at radius 2 is 1.92 bits per heavy atom. The Morgan fingerprint density at radius 3 is 2.42 bits per heavy atom. The van der Waals surface area contributed by atoms with Crippen LogP contribution in [0.5, 0.6) is 0 Å². The summed E-state index contributed by atoms with van der Waals surface area (Å²) < 4.78 is 11.1. The third kappa shape index (κ3) is 1.97. The zero-order valence-electron chi connectivity index (χ0n) is 8.17. The van der Waals surface area contributed by atoms with Crippen molar-refractivity contribution in [1.82, 2.24) is 5.32 Å². The van der Waals surface area contributed by atoms with Gasteiger partial charge in [-0.25, -0.2) is 0 Å². The molecule has 1 fully saturated rings. The zero-order valence-corrected chi connectivity index (χ0v) is 8.17. The van der Waals surface area contributed by atoms with Crippen molar-refractivity contribution in [2.75, 3.05) is 20.3 Å². The quantitative estimate of drug-likeness (QED) is 0.666. The molecule has 3 atom stereocenters. The van der Waals surface area contributed by atoms with Crippen LogP contribution in [0.4, 0.5) is 0 Å². The van der Waals surface area contributed by atoms with Gasteiger partial charge in [-0.05, 0) is 27.3 Å². The second-order valence-electron chi connectivity index (χ2n) is 3.04. The summed E-state index contributed by atoms with van der Waals surface area (Å²) in [5.41, 5.74) is 0. The molecular formula is C9H19NO2. The molecule has 1 saturated carbocycles. The Kier molecular flexibility index (Phi) is 3.98. The Labute approximate surface area is 74.4 Å². The summed E-state index contributed by atoms with van der Waals surface area (Å²) in [6.45, 7) is 5.60. The maximum absolute atomic E-state index is 5.56. The lowest BCUT2D eigenvalue weighted by atomic mass is 9.85. The van der Waals surface area contributed by atoms with Crippen molar-refractivity contribution in [2.24, 2.45) is 0 Å². The van der Waals surface area contributed by atoms with Gasteiger partial charge in [0.05, 0.1) is 12.2 Å². The highest BCUT2D eigenvalue weighted by molar-refractivity contribution is 4.96. The van der Waals surface area contributed by atoms with E-state index in [0.717, 1.165) is 19.6 Å². The Morgan fingerprint density at radius 1 is 1.25 bits per heavy atom. The van der Waals surface area contributed by atoms with Crippen molar-refractivity contribution in [3.05, 3.63) is 0 Å². The third-order valence-electron chi connectivity index (χ3n) is 2.36. The summed E-state index contributed by atoms with van der Waals surface area (Å²) in [6.07, 6.45) is 1.65. The Bertz CT molecular complexity index is 130. The fourth-order valence-electron chi connectivity index (χ4n) is 1.66. The smallest absolute Gasteiger partial charge is 0.0990 e. The zero-order chi connectivity index (χ0) is 8.97. The topological polar surface area (TPSA) is 30.5 Å². The number of likely N-dealkylation sites (N-methyl/N-ethyl adjacent to an activating group) is 1. The monoisotopic (exact) mass is 173 g/mol. The average Bonchev–Trinajstić information content (AvgIpc) is 2.07. The molecule has 0 aromatic rings. The van der Waals surface area contributed by atoms with Gasteiger partial charge in [-0.15, -0.1) is 0 Å². The molecule has 0 aliphatic heterocycles. The van der Waals surface area contributed by atoms with E-state index in [0.29, 0.717) is 12.1 Å². The first-order valence-corrected chi connectivity index (χ1v) is 4.73. The molecule has 0 aromatic carbocycles. The molecule has 3 heteroatoms. The lowest BCUT2D eigenvalue weighted by molar-refractivity contribution is -0.141. The Balaban J connectivity index is 2.28. The minimum absolute atomic E-state index is 0.264. The summed E-state index contributed by atoms with van der Waals surface area (Å²) in [7, 11) is 1.97. The van der Waals surface area contributed by atoms with Gasteiger partial charge < -0.3 is 14.8 Å². The summed E-state index contributed by atoms with van der Waals surface area (Å²) in [5, 5.41) is 3.22. The highest BCUT2D eigenvalue weighted by Crippen LogP contribution is 2.26. The molecule has 1 rings (SSSR count). The summed E-state index contributed by atoms with van der Waals surface area (Å²) in [4.78, 5) is 0. The Hall–Kier alpha value is -0.120. The summed E-state index contributed by atoms with van der Waals surface area (Å²) in [5.74, 6) is 0. The van der Waals surface area contributed by atoms with Crippen molar-refractivity contribution in [3.63, 3.8) is 0 Å². The third-order valence-corrected chi connectivity index (χ3v) is 2.36. The minimum Gasteiger partial charge on any atom is -0.376 e. The molecule has 0 radical (unpaired) electrons. The van der Waals surface area contributed by atoms with E-state index in [2.05, 4.69) is 5.32 Å². The van der Waals surface area contributed by atoms with Gasteiger partial charge in [-0.2, -0.15) is 0 Å². The van der Waals surface area contributed by atoms with Crippen LogP contribution in [0.25, 0.3) is 0 Å². The van der Waals surface area contributed by atoms with E-state index in [-0.39, 0.29) is 6.10 Å². The SMILES string of the molecule is CCOC1CC(NC)C1OCC. The molecule has 1 aliphatic rings. The van der Waals surface area contributed by atoms with Gasteiger partial charge in [0.1, 0.15) is 0 Å². The van der Waals surface area contributed by atoms with Crippen molar-refractivity contribution >= 4 is 0 Å². The van der Waals surface area contributed by atoms with Crippen LogP contribution in [0.1, 0.15) is 20.3 Å². The number of nitrogens with one attached hydrogen (secondary N) is 1. The van der Waals surface area contributed by atoms with E-state index in [1.807, 2.05) is 20.9 Å². The molecule has 0 amide bonds. The van der Waals surface area contributed by atoms with E-state index in [1.165, 1.54) is 0 Å². The highest BCUT2D eigenvalue weighted by atomic mass is 16.5. The number of ether oxygens (including phenoxy) is 2. The van der Waals surface area contributed by atoms with Crippen LogP contribution in [0.15, 0.2) is 0 Å². The van der Waals surface area contributed by atoms with E-state index in [9.17, 15) is 0 Å². The van der Waals surface area contributed by atoms with E-state index >= 15 is 0 Å². The molecule has 1 aliphatic carbocycles. The lowest BCUT2D eigenvalue weighted by Crippen LogP contribution is -2.59. The number of hydrogen-bond acceptors (Lipinski definition) is 3. The van der Waals surface area contributed by atoms with Gasteiger partial charge in [0.15, 0.2) is 0 Å². The fraction of sp³-hybridized carbons (Fsp3) is 1.00. The van der Waals surface area contributed by atoms with Crippen LogP contribution >= 0.6 is 0 Å². The van der Waals surface area contributed by atoms with Gasteiger partial charge >= 0.3 is 0 Å². The first kappa shape index (κ1) is 9.96. The molecule has 3 nitrogen and oxygen atoms in total. The number of hydrogen-bond donors (Lipinski definition) is 1. The second-order valence-corrected chi connectivity index (χ2v) is 3.04. The molecule has 0 bridgehead atoms. The summed E-state index contributed by atoms with van der Waals surface area (Å²) in [6, 6.07) is 0.487. The molecule has 1 N–H and O–H groups in total. The fourth-order valence-corrected chi connectivity index (χ4v) is 1.66. The molecule has 0 heterocycles. The predicted molar refractivity (Wildman–Crippen MR) is 48.3 cm³/mol. The van der Waals surface area contributed by atoms with Gasteiger partial charge in [-0.1, -0.05) is 0 Å². The number of rotatable bonds is 5. The normalized spacial score (nSPS) is 34.8. The first-order valence-electron chi connectivity index (χ1n) is 4.73. The molecular weight excluding hydrogens is 154 g/mol. The van der Waals surface area contributed by atoms with Gasteiger partial charge in [0.25, 0.3) is 0 Å². The maximum Gasteiger partial charge on any atom is 0.0990 e. The van der Waals surface area contributed by atoms with Crippen LogP contribution < -0.4 is 5.32 Å². The average molecular weight is 173 g/mol. The van der Waals surface area contributed by atoms with Gasteiger partial charge in [0.2, 0.25) is 0 Å². The van der Waals surface area contributed by atoms with Crippen molar-refractivity contribution in [1.29, 1.82) is 0 Å². The molecule has 3 unspecified atom stereocenters. The predicted octanol–water partition coefficient (Wildman–Crippen LogP) is 0.788. The lowest BCUT2D eigenvalue weighted by Gasteiger charge is -2.43. The van der Waals surface area contributed by atoms with Gasteiger partial charge in [0, 0.05) is 19.3 Å². The van der Waals surface area contributed by atoms with Crippen molar-refractivity contribution in [2.45, 2.75) is 38.5 Å². The van der Waals surface area contributed by atoms with Crippen molar-refractivity contribution < 1.29 is 9.47 Å². The molecule has 0 aromatic heterocycles. The molecule has 0 saturated heterocycles. The van der Waals surface area contributed by atoms with Crippen LogP contribution in [0.2, 0.25) is 0 Å². The maximum atomic E-state index is 5.56. The molecule has 0 spiro atoms. The summed E-state index contributed by atoms with van der Waals surface area (Å²) >= 11 is 0. The van der Waals surface area contributed by atoms with E-state index in [1.54, 1.807) is 0 Å². The van der Waals surface area contributed by atoms with E-state index < -0.39 is 0 Å². The van der Waals surface area contributed by atoms with Crippen LogP contribution in [0.3, 0.4) is 0 Å². The standard InChI is InChI=1S/C9H19NO2/c1-4-11-8-6-7(10-3)9(8)12-5-2/h7-10H,4-6H2,1-3H3. The highest BCUT2D eigenvalue weighted by Gasteiger charge is 2.41. The van der Waals surface area contributed by atoms with Crippen LogP contribution in [-0.4, -0.2) is 38.5 Å². The van der Waals surface area contributed by atoms with Gasteiger partial charge in [-0.3, -0.25) is 0 Å². The van der Waals surface area contributed by atoms with E-state index in [4.69, 9.17) is 9.47 Å². The molecule has 72 valence electrons. The first-order chi connectivity index (χ1) is 5.83.